The van der Waals surface area contributed by atoms with E-state index in [0.29, 0.717) is 22.2 Å². The van der Waals surface area contributed by atoms with Gasteiger partial charge in [0.25, 0.3) is 5.91 Å². The monoisotopic (exact) mass is 420 g/mol. The normalized spacial score (nSPS) is 10.6. The van der Waals surface area contributed by atoms with E-state index in [4.69, 9.17) is 34.8 Å². The van der Waals surface area contributed by atoms with Crippen molar-refractivity contribution >= 4 is 58.0 Å². The number of amides is 1. The number of aryl methyl sites for hydroxylation is 2. The molecule has 3 aromatic rings. The van der Waals surface area contributed by atoms with Gasteiger partial charge in [0.2, 0.25) is 5.95 Å². The minimum atomic E-state index is -0.338. The van der Waals surface area contributed by atoms with E-state index in [1.807, 2.05) is 19.9 Å². The zero-order valence-corrected chi connectivity index (χ0v) is 16.7. The molecule has 0 aliphatic carbocycles. The summed E-state index contributed by atoms with van der Waals surface area (Å²) >= 11 is 18.1. The Morgan fingerprint density at radius 3 is 2.00 bits per heavy atom. The van der Waals surface area contributed by atoms with Crippen molar-refractivity contribution in [1.82, 2.24) is 9.97 Å². The molecule has 0 aliphatic rings. The quantitative estimate of drug-likeness (QED) is 0.538. The first-order chi connectivity index (χ1) is 12.8. The van der Waals surface area contributed by atoms with Gasteiger partial charge in [-0.25, -0.2) is 9.97 Å². The highest BCUT2D eigenvalue weighted by Crippen LogP contribution is 2.34. The van der Waals surface area contributed by atoms with E-state index in [-0.39, 0.29) is 16.0 Å². The fourth-order valence-corrected chi connectivity index (χ4v) is 3.37. The predicted molar refractivity (Wildman–Crippen MR) is 111 cm³/mol. The van der Waals surface area contributed by atoms with E-state index in [1.54, 1.807) is 24.3 Å². The molecule has 0 spiro atoms. The van der Waals surface area contributed by atoms with E-state index in [2.05, 4.69) is 20.6 Å². The molecule has 0 unspecified atom stereocenters. The fourth-order valence-electron chi connectivity index (χ4n) is 2.46. The maximum absolute atomic E-state index is 12.5. The number of anilines is 3. The van der Waals surface area contributed by atoms with Crippen molar-refractivity contribution in [1.29, 1.82) is 0 Å². The zero-order chi connectivity index (χ0) is 19.6. The van der Waals surface area contributed by atoms with Crippen molar-refractivity contribution in [2.45, 2.75) is 13.8 Å². The lowest BCUT2D eigenvalue weighted by Gasteiger charge is -2.11. The summed E-state index contributed by atoms with van der Waals surface area (Å²) in [6.45, 7) is 3.81. The first-order valence-electron chi connectivity index (χ1n) is 7.97. The van der Waals surface area contributed by atoms with Crippen LogP contribution < -0.4 is 10.6 Å². The van der Waals surface area contributed by atoms with Crippen LogP contribution in [0.1, 0.15) is 21.7 Å². The Hall–Kier alpha value is -2.34. The van der Waals surface area contributed by atoms with Gasteiger partial charge in [-0.05, 0) is 56.3 Å². The standard InChI is InChI=1S/C19H15Cl3N4O/c1-10-7-11(2)24-19(23-10)25-14-5-3-12(4-6-14)18(27)26-17-15(21)8-13(20)9-16(17)22/h3-9H,1-2H3,(H,26,27)(H,23,24,25). The lowest BCUT2D eigenvalue weighted by atomic mass is 10.2. The van der Waals surface area contributed by atoms with Gasteiger partial charge in [0, 0.05) is 27.7 Å². The van der Waals surface area contributed by atoms with Gasteiger partial charge in [-0.1, -0.05) is 34.8 Å². The highest BCUT2D eigenvalue weighted by Gasteiger charge is 2.13. The summed E-state index contributed by atoms with van der Waals surface area (Å²) in [6, 6.07) is 11.8. The summed E-state index contributed by atoms with van der Waals surface area (Å²) in [5.41, 5.74) is 3.28. The highest BCUT2D eigenvalue weighted by molar-refractivity contribution is 6.42. The molecule has 0 fully saturated rings. The molecule has 0 saturated heterocycles. The maximum atomic E-state index is 12.5. The molecule has 3 rings (SSSR count). The summed E-state index contributed by atoms with van der Waals surface area (Å²) < 4.78 is 0. The Morgan fingerprint density at radius 2 is 1.44 bits per heavy atom. The van der Waals surface area contributed by atoms with E-state index < -0.39 is 0 Å². The van der Waals surface area contributed by atoms with Crippen molar-refractivity contribution in [3.05, 3.63) is 74.5 Å². The predicted octanol–water partition coefficient (Wildman–Crippen LogP) is 6.05. The first-order valence-corrected chi connectivity index (χ1v) is 9.10. The second-order valence-corrected chi connectivity index (χ2v) is 7.13. The lowest BCUT2D eigenvalue weighted by Crippen LogP contribution is -2.12. The molecule has 0 atom stereocenters. The number of nitrogens with one attached hydrogen (secondary N) is 2. The Morgan fingerprint density at radius 1 is 0.889 bits per heavy atom. The third-order valence-corrected chi connectivity index (χ3v) is 4.45. The number of carbonyl (C=O) groups excluding carboxylic acids is 1. The summed E-state index contributed by atoms with van der Waals surface area (Å²) in [4.78, 5) is 21.1. The number of aromatic nitrogens is 2. The molecule has 1 amide bonds. The van der Waals surface area contributed by atoms with Crippen LogP contribution in [0.15, 0.2) is 42.5 Å². The Balaban J connectivity index is 1.74. The van der Waals surface area contributed by atoms with Crippen molar-refractivity contribution in [2.75, 3.05) is 10.6 Å². The molecule has 8 heteroatoms. The topological polar surface area (TPSA) is 66.9 Å². The molecule has 1 aromatic heterocycles. The van der Waals surface area contributed by atoms with Crippen LogP contribution in [0.5, 0.6) is 0 Å². The number of halogens is 3. The molecule has 0 saturated carbocycles. The summed E-state index contributed by atoms with van der Waals surface area (Å²) in [6.07, 6.45) is 0. The van der Waals surface area contributed by atoms with E-state index >= 15 is 0 Å². The third kappa shape index (κ3) is 4.89. The highest BCUT2D eigenvalue weighted by atomic mass is 35.5. The minimum absolute atomic E-state index is 0.270. The van der Waals surface area contributed by atoms with Crippen molar-refractivity contribution in [3.8, 4) is 0 Å². The molecule has 27 heavy (non-hydrogen) atoms. The molecule has 1 heterocycles. The van der Waals surface area contributed by atoms with Crippen LogP contribution in [0.4, 0.5) is 17.3 Å². The van der Waals surface area contributed by atoms with Gasteiger partial charge in [0.1, 0.15) is 0 Å². The van der Waals surface area contributed by atoms with Crippen LogP contribution in [0.2, 0.25) is 15.1 Å². The number of hydrogen-bond acceptors (Lipinski definition) is 4. The van der Waals surface area contributed by atoms with Crippen LogP contribution in [0.25, 0.3) is 0 Å². The van der Waals surface area contributed by atoms with Gasteiger partial charge in [-0.15, -0.1) is 0 Å². The molecule has 5 nitrogen and oxygen atoms in total. The number of rotatable bonds is 4. The molecular weight excluding hydrogens is 407 g/mol. The lowest BCUT2D eigenvalue weighted by molar-refractivity contribution is 0.102. The van der Waals surface area contributed by atoms with E-state index in [1.165, 1.54) is 12.1 Å². The van der Waals surface area contributed by atoms with Gasteiger partial charge in [0.05, 0.1) is 15.7 Å². The van der Waals surface area contributed by atoms with Crippen LogP contribution in [0.3, 0.4) is 0 Å². The Bertz CT molecular complexity index is 963. The van der Waals surface area contributed by atoms with Gasteiger partial charge >= 0.3 is 0 Å². The van der Waals surface area contributed by atoms with Crippen molar-refractivity contribution in [2.24, 2.45) is 0 Å². The smallest absolute Gasteiger partial charge is 0.255 e. The van der Waals surface area contributed by atoms with Gasteiger partial charge < -0.3 is 10.6 Å². The zero-order valence-electron chi connectivity index (χ0n) is 14.5. The molecule has 0 bridgehead atoms. The van der Waals surface area contributed by atoms with Crippen molar-refractivity contribution in [3.63, 3.8) is 0 Å². The summed E-state index contributed by atoms with van der Waals surface area (Å²) in [5.74, 6) is 0.166. The molecule has 0 radical (unpaired) electrons. The molecular formula is C19H15Cl3N4O. The second kappa shape index (κ2) is 8.13. The molecule has 2 aromatic carbocycles. The van der Waals surface area contributed by atoms with E-state index in [0.717, 1.165) is 17.1 Å². The summed E-state index contributed by atoms with van der Waals surface area (Å²) in [7, 11) is 0. The Labute approximate surface area is 171 Å². The maximum Gasteiger partial charge on any atom is 0.255 e. The van der Waals surface area contributed by atoms with Crippen LogP contribution in [-0.2, 0) is 0 Å². The molecule has 0 aliphatic heterocycles. The van der Waals surface area contributed by atoms with Crippen LogP contribution in [-0.4, -0.2) is 15.9 Å². The minimum Gasteiger partial charge on any atom is -0.324 e. The van der Waals surface area contributed by atoms with Crippen LogP contribution in [0, 0.1) is 13.8 Å². The number of hydrogen-bond donors (Lipinski definition) is 2. The van der Waals surface area contributed by atoms with Gasteiger partial charge in [-0.2, -0.15) is 0 Å². The summed E-state index contributed by atoms with van der Waals surface area (Å²) in [5, 5.41) is 6.75. The Kier molecular flexibility index (Phi) is 5.85. The molecule has 138 valence electrons. The van der Waals surface area contributed by atoms with E-state index in [9.17, 15) is 4.79 Å². The average Bonchev–Trinajstić information content (AvgIpc) is 2.57. The average molecular weight is 422 g/mol. The van der Waals surface area contributed by atoms with Gasteiger partial charge in [-0.3, -0.25) is 4.79 Å². The second-order valence-electron chi connectivity index (χ2n) is 5.88. The number of nitrogens with zero attached hydrogens (tertiary/aromatic N) is 2. The van der Waals surface area contributed by atoms with Crippen LogP contribution >= 0.6 is 34.8 Å². The fraction of sp³-hybridized carbons (Fsp3) is 0.105. The largest absolute Gasteiger partial charge is 0.324 e. The van der Waals surface area contributed by atoms with Crippen molar-refractivity contribution < 1.29 is 4.79 Å². The van der Waals surface area contributed by atoms with Gasteiger partial charge in [0.15, 0.2) is 0 Å². The third-order valence-electron chi connectivity index (χ3n) is 3.63. The first kappa shape index (κ1) is 19.4. The number of carbonyl (C=O) groups is 1. The number of benzene rings is 2. The SMILES string of the molecule is Cc1cc(C)nc(Nc2ccc(C(=O)Nc3c(Cl)cc(Cl)cc3Cl)cc2)n1. The molecule has 2 N–H and O–H groups in total.